The van der Waals surface area contributed by atoms with E-state index in [1.807, 2.05) is 16.7 Å². The molecule has 2 fully saturated rings. The molecule has 234 valence electrons. The molecule has 1 atom stereocenters. The van der Waals surface area contributed by atoms with E-state index in [2.05, 4.69) is 16.7 Å². The largest absolute Gasteiger partial charge is 0.416 e. The van der Waals surface area contributed by atoms with Crippen LogP contribution in [0.25, 0.3) is 0 Å². The van der Waals surface area contributed by atoms with Crippen molar-refractivity contribution in [2.45, 2.75) is 31.0 Å². The van der Waals surface area contributed by atoms with Gasteiger partial charge in [-0.15, -0.1) is 0 Å². The fourth-order valence-electron chi connectivity index (χ4n) is 4.95. The minimum absolute atomic E-state index is 0.0211. The number of halogens is 9. The quantitative estimate of drug-likeness (QED) is 0.290. The molecule has 0 spiro atoms. The van der Waals surface area contributed by atoms with E-state index in [0.29, 0.717) is 30.8 Å². The highest BCUT2D eigenvalue weighted by Gasteiger charge is 2.39. The van der Waals surface area contributed by atoms with E-state index in [-0.39, 0.29) is 32.1 Å². The maximum Gasteiger partial charge on any atom is 0.416 e. The van der Waals surface area contributed by atoms with Crippen LogP contribution in [0.2, 0.25) is 0 Å². The number of alkyl halides is 9. The highest BCUT2D eigenvalue weighted by molar-refractivity contribution is 7.99. The highest BCUT2D eigenvalue weighted by atomic mass is 32.2. The molecule has 0 bridgehead atoms. The van der Waals surface area contributed by atoms with Gasteiger partial charge in [-0.2, -0.15) is 51.3 Å². The zero-order valence-electron chi connectivity index (χ0n) is 22.7. The van der Waals surface area contributed by atoms with Crippen molar-refractivity contribution in [3.05, 3.63) is 70.3 Å². The first-order valence-corrected chi connectivity index (χ1v) is 14.5. The number of nitrogens with zero attached hydrogens (tertiary/aromatic N) is 3. The Morgan fingerprint density at radius 2 is 1.26 bits per heavy atom. The predicted molar refractivity (Wildman–Crippen MR) is 144 cm³/mol. The molecule has 0 unspecified atom stereocenters. The second-order valence-corrected chi connectivity index (χ2v) is 11.5. The standard InChI is InChI=1S/C29H28F9N3OS/c30-27(31,32)22-5-3-20(4-6-22)15-25-19-40(8-2-1-7-39-11-13-43-14-12-39)9-10-41(25)26(42)21-16-23(28(33,34)35)18-24(17-21)29(36,37)38/h3-6,16-18,25H,7-15,19H2/t25-/m1/s1. The summed E-state index contributed by atoms with van der Waals surface area (Å²) in [6.07, 6.45) is -14.8. The average molecular weight is 638 g/mol. The molecule has 4 rings (SSSR count). The zero-order valence-corrected chi connectivity index (χ0v) is 23.6. The summed E-state index contributed by atoms with van der Waals surface area (Å²) in [6, 6.07) is 4.25. The Balaban J connectivity index is 1.57. The van der Waals surface area contributed by atoms with Crippen molar-refractivity contribution < 1.29 is 44.3 Å². The maximum absolute atomic E-state index is 13.5. The van der Waals surface area contributed by atoms with Crippen LogP contribution in [0.15, 0.2) is 42.5 Å². The average Bonchev–Trinajstić information content (AvgIpc) is 2.94. The number of carbonyl (C=O) groups is 1. The van der Waals surface area contributed by atoms with Gasteiger partial charge in [-0.05, 0) is 42.3 Å². The Bertz CT molecular complexity index is 1290. The van der Waals surface area contributed by atoms with Gasteiger partial charge in [0.15, 0.2) is 0 Å². The number of rotatable bonds is 5. The number of benzene rings is 2. The Morgan fingerprint density at radius 3 is 1.79 bits per heavy atom. The summed E-state index contributed by atoms with van der Waals surface area (Å²) in [6.45, 7) is 3.18. The van der Waals surface area contributed by atoms with Crippen LogP contribution in [-0.2, 0) is 24.9 Å². The number of carbonyl (C=O) groups excluding carboxylic acids is 1. The summed E-state index contributed by atoms with van der Waals surface area (Å²) in [5.41, 5.74) is -4.43. The predicted octanol–water partition coefficient (Wildman–Crippen LogP) is 6.16. The Kier molecular flexibility index (Phi) is 10.3. The Morgan fingerprint density at radius 1 is 0.721 bits per heavy atom. The molecule has 2 aromatic carbocycles. The lowest BCUT2D eigenvalue weighted by atomic mass is 9.98. The van der Waals surface area contributed by atoms with Crippen LogP contribution in [-0.4, -0.2) is 84.0 Å². The third kappa shape index (κ3) is 9.06. The number of hydrogen-bond acceptors (Lipinski definition) is 4. The number of piperazine rings is 1. The van der Waals surface area contributed by atoms with Crippen molar-refractivity contribution in [2.75, 3.05) is 57.3 Å². The van der Waals surface area contributed by atoms with E-state index < -0.39 is 52.7 Å². The Hall–Kier alpha value is -2.89. The van der Waals surface area contributed by atoms with Crippen LogP contribution in [0.3, 0.4) is 0 Å². The molecule has 1 amide bonds. The van der Waals surface area contributed by atoms with Crippen LogP contribution in [0.1, 0.15) is 32.6 Å². The molecule has 0 aliphatic carbocycles. The van der Waals surface area contributed by atoms with Crippen molar-refractivity contribution in [1.29, 1.82) is 0 Å². The summed E-state index contributed by atoms with van der Waals surface area (Å²) in [5, 5.41) is 0. The molecule has 4 nitrogen and oxygen atoms in total. The highest BCUT2D eigenvalue weighted by Crippen LogP contribution is 2.37. The van der Waals surface area contributed by atoms with Gasteiger partial charge < -0.3 is 4.90 Å². The van der Waals surface area contributed by atoms with E-state index in [1.54, 1.807) is 0 Å². The van der Waals surface area contributed by atoms with E-state index >= 15 is 0 Å². The third-order valence-corrected chi connectivity index (χ3v) is 8.19. The van der Waals surface area contributed by atoms with Gasteiger partial charge >= 0.3 is 18.5 Å². The van der Waals surface area contributed by atoms with Gasteiger partial charge in [-0.3, -0.25) is 14.6 Å². The second kappa shape index (κ2) is 13.4. The van der Waals surface area contributed by atoms with E-state index in [1.165, 1.54) is 17.0 Å². The first-order valence-electron chi connectivity index (χ1n) is 13.4. The van der Waals surface area contributed by atoms with Crippen molar-refractivity contribution in [1.82, 2.24) is 14.7 Å². The lowest BCUT2D eigenvalue weighted by molar-refractivity contribution is -0.143. The van der Waals surface area contributed by atoms with Crippen molar-refractivity contribution in [2.24, 2.45) is 0 Å². The second-order valence-electron chi connectivity index (χ2n) is 10.3. The van der Waals surface area contributed by atoms with Crippen LogP contribution >= 0.6 is 11.8 Å². The molecule has 0 radical (unpaired) electrons. The first kappa shape index (κ1) is 33.0. The molecule has 2 aliphatic heterocycles. The van der Waals surface area contributed by atoms with Gasteiger partial charge in [-0.1, -0.05) is 24.0 Å². The summed E-state index contributed by atoms with van der Waals surface area (Å²) >= 11 is 1.87. The molecule has 43 heavy (non-hydrogen) atoms. The summed E-state index contributed by atoms with van der Waals surface area (Å²) < 4.78 is 120. The van der Waals surface area contributed by atoms with Crippen LogP contribution in [0.5, 0.6) is 0 Å². The van der Waals surface area contributed by atoms with Gasteiger partial charge in [-0.25, -0.2) is 0 Å². The molecule has 2 aromatic rings. The lowest BCUT2D eigenvalue weighted by Gasteiger charge is -2.41. The molecular formula is C29H28F9N3OS. The molecule has 14 heteroatoms. The van der Waals surface area contributed by atoms with Gasteiger partial charge in [0.1, 0.15) is 0 Å². The molecule has 0 N–H and O–H groups in total. The molecule has 2 aliphatic rings. The van der Waals surface area contributed by atoms with E-state index in [4.69, 9.17) is 0 Å². The third-order valence-electron chi connectivity index (χ3n) is 7.25. The SMILES string of the molecule is O=C(c1cc(C(F)(F)F)cc(C(F)(F)F)c1)N1CCN(CC#CCN2CCSCC2)C[C@H]1Cc1ccc(C(F)(F)F)cc1. The lowest BCUT2D eigenvalue weighted by Crippen LogP contribution is -2.56. The van der Waals surface area contributed by atoms with Crippen LogP contribution in [0, 0.1) is 11.8 Å². The smallest absolute Gasteiger partial charge is 0.333 e. The summed E-state index contributed by atoms with van der Waals surface area (Å²) in [4.78, 5) is 18.8. The molecular weight excluding hydrogens is 609 g/mol. The topological polar surface area (TPSA) is 26.8 Å². The van der Waals surface area contributed by atoms with Gasteiger partial charge in [0.2, 0.25) is 0 Å². The number of amides is 1. The van der Waals surface area contributed by atoms with Crippen molar-refractivity contribution in [3.63, 3.8) is 0 Å². The van der Waals surface area contributed by atoms with Crippen LogP contribution in [0.4, 0.5) is 39.5 Å². The number of thioether (sulfide) groups is 1. The fraction of sp³-hybridized carbons (Fsp3) is 0.483. The molecule has 0 aromatic heterocycles. The minimum atomic E-state index is -5.12. The fourth-order valence-corrected chi connectivity index (χ4v) is 5.92. The first-order chi connectivity index (χ1) is 20.1. The van der Waals surface area contributed by atoms with Gasteiger partial charge in [0.05, 0.1) is 29.8 Å². The van der Waals surface area contributed by atoms with E-state index in [9.17, 15) is 44.3 Å². The molecule has 0 saturated carbocycles. The Labute approximate surface area is 247 Å². The van der Waals surface area contributed by atoms with E-state index in [0.717, 1.165) is 36.7 Å². The van der Waals surface area contributed by atoms with Crippen molar-refractivity contribution >= 4 is 17.7 Å². The van der Waals surface area contributed by atoms with Crippen molar-refractivity contribution in [3.8, 4) is 11.8 Å². The monoisotopic (exact) mass is 637 g/mol. The molecule has 2 heterocycles. The normalized spacial score (nSPS) is 19.2. The van der Waals surface area contributed by atoms with Crippen LogP contribution < -0.4 is 0 Å². The summed E-state index contributed by atoms with van der Waals surface area (Å²) in [5.74, 6) is 7.23. The minimum Gasteiger partial charge on any atom is -0.333 e. The number of hydrogen-bond donors (Lipinski definition) is 0. The molecule has 2 saturated heterocycles. The van der Waals surface area contributed by atoms with Gasteiger partial charge in [0, 0.05) is 55.8 Å². The zero-order chi connectivity index (χ0) is 31.4. The summed E-state index contributed by atoms with van der Waals surface area (Å²) in [7, 11) is 0. The van der Waals surface area contributed by atoms with Gasteiger partial charge in [0.25, 0.3) is 5.91 Å². The maximum atomic E-state index is 13.5.